The van der Waals surface area contributed by atoms with Gasteiger partial charge in [0.25, 0.3) is 0 Å². The molecule has 168 valence electrons. The molecule has 1 aromatic carbocycles. The number of benzene rings is 1. The Balaban J connectivity index is 1.62. The standard InChI is InChI=1S/C23H33N5O2S/c1-15-11-17(13-26-21(24-6)27-14-20-25-12-16(2)31-20)7-10-19(15)28(18-8-9-18)22(29)30-23(3,4)5/h7,10-12,18H,8-9,13-14H2,1-6H3,(H2,24,26,27). The second-order valence-electron chi connectivity index (χ2n) is 8.85. The first-order chi connectivity index (χ1) is 14.7. The maximum Gasteiger partial charge on any atom is 0.415 e. The molecule has 31 heavy (non-hydrogen) atoms. The molecule has 1 amide bonds. The summed E-state index contributed by atoms with van der Waals surface area (Å²) >= 11 is 1.67. The van der Waals surface area contributed by atoms with E-state index in [-0.39, 0.29) is 12.1 Å². The minimum Gasteiger partial charge on any atom is -0.443 e. The summed E-state index contributed by atoms with van der Waals surface area (Å²) in [7, 11) is 1.76. The van der Waals surface area contributed by atoms with Crippen molar-refractivity contribution in [2.45, 2.75) is 72.2 Å². The maximum absolute atomic E-state index is 12.8. The van der Waals surface area contributed by atoms with Gasteiger partial charge in [-0.25, -0.2) is 9.78 Å². The van der Waals surface area contributed by atoms with E-state index in [1.807, 2.05) is 57.8 Å². The molecule has 7 nitrogen and oxygen atoms in total. The van der Waals surface area contributed by atoms with Gasteiger partial charge in [-0.2, -0.15) is 0 Å². The molecule has 8 heteroatoms. The number of anilines is 1. The van der Waals surface area contributed by atoms with E-state index in [4.69, 9.17) is 4.74 Å². The molecule has 0 spiro atoms. The second kappa shape index (κ2) is 9.68. The fraction of sp³-hybridized carbons (Fsp3) is 0.522. The van der Waals surface area contributed by atoms with Gasteiger partial charge in [-0.15, -0.1) is 11.3 Å². The lowest BCUT2D eigenvalue weighted by Crippen LogP contribution is -2.38. The smallest absolute Gasteiger partial charge is 0.415 e. The molecule has 1 saturated carbocycles. The van der Waals surface area contributed by atoms with Crippen LogP contribution in [0.25, 0.3) is 0 Å². The zero-order valence-corrected chi connectivity index (χ0v) is 20.1. The zero-order chi connectivity index (χ0) is 22.6. The quantitative estimate of drug-likeness (QED) is 0.507. The molecule has 2 aromatic rings. The summed E-state index contributed by atoms with van der Waals surface area (Å²) in [5, 5.41) is 7.66. The number of nitrogens with one attached hydrogen (secondary N) is 2. The number of amides is 1. The second-order valence-corrected chi connectivity index (χ2v) is 10.2. The number of aromatic nitrogens is 1. The molecule has 0 atom stereocenters. The number of rotatable bonds is 6. The van der Waals surface area contributed by atoms with Crippen molar-refractivity contribution >= 4 is 29.1 Å². The lowest BCUT2D eigenvalue weighted by molar-refractivity contribution is 0.0577. The number of carbonyl (C=O) groups excluding carboxylic acids is 1. The summed E-state index contributed by atoms with van der Waals surface area (Å²) in [4.78, 5) is 24.4. The van der Waals surface area contributed by atoms with E-state index in [0.29, 0.717) is 13.1 Å². The number of carbonyl (C=O) groups is 1. The van der Waals surface area contributed by atoms with Crippen molar-refractivity contribution in [3.05, 3.63) is 45.4 Å². The average Bonchev–Trinajstić information content (AvgIpc) is 3.43. The van der Waals surface area contributed by atoms with Crippen LogP contribution in [0.2, 0.25) is 0 Å². The number of hydrogen-bond donors (Lipinski definition) is 2. The van der Waals surface area contributed by atoms with Crippen LogP contribution in [-0.2, 0) is 17.8 Å². The molecule has 0 aliphatic heterocycles. The minimum absolute atomic E-state index is 0.232. The van der Waals surface area contributed by atoms with Crippen LogP contribution < -0.4 is 15.5 Å². The van der Waals surface area contributed by atoms with E-state index in [1.54, 1.807) is 18.4 Å². The number of aliphatic imine (C=N–C) groups is 1. The van der Waals surface area contributed by atoms with Crippen molar-refractivity contribution < 1.29 is 9.53 Å². The number of hydrogen-bond acceptors (Lipinski definition) is 5. The first kappa shape index (κ1) is 23.1. The van der Waals surface area contributed by atoms with E-state index >= 15 is 0 Å². The van der Waals surface area contributed by atoms with Crippen LogP contribution in [0.4, 0.5) is 10.5 Å². The number of thiazole rings is 1. The van der Waals surface area contributed by atoms with Gasteiger partial charge in [0.05, 0.1) is 12.2 Å². The largest absolute Gasteiger partial charge is 0.443 e. The summed E-state index contributed by atoms with van der Waals surface area (Å²) in [6.07, 6.45) is 3.64. The molecule has 1 fully saturated rings. The van der Waals surface area contributed by atoms with E-state index in [9.17, 15) is 4.79 Å². The third-order valence-corrected chi connectivity index (χ3v) is 5.70. The molecular formula is C23H33N5O2S. The van der Waals surface area contributed by atoms with Gasteiger partial charge >= 0.3 is 6.09 Å². The van der Waals surface area contributed by atoms with Gasteiger partial charge in [0.15, 0.2) is 5.96 Å². The van der Waals surface area contributed by atoms with Gasteiger partial charge in [0.1, 0.15) is 10.6 Å². The third-order valence-electron chi connectivity index (χ3n) is 4.78. The molecule has 0 radical (unpaired) electrons. The molecule has 1 aromatic heterocycles. The van der Waals surface area contributed by atoms with Crippen LogP contribution in [0.5, 0.6) is 0 Å². The Morgan fingerprint density at radius 2 is 1.97 bits per heavy atom. The zero-order valence-electron chi connectivity index (χ0n) is 19.3. The normalized spacial score (nSPS) is 14.3. The first-order valence-corrected chi connectivity index (χ1v) is 11.5. The summed E-state index contributed by atoms with van der Waals surface area (Å²) < 4.78 is 5.65. The average molecular weight is 444 g/mol. The van der Waals surface area contributed by atoms with Gasteiger partial charge in [-0.1, -0.05) is 12.1 Å². The van der Waals surface area contributed by atoms with Gasteiger partial charge < -0.3 is 15.4 Å². The number of ether oxygens (including phenoxy) is 1. The maximum atomic E-state index is 12.8. The summed E-state index contributed by atoms with van der Waals surface area (Å²) in [6.45, 7) is 11.1. The summed E-state index contributed by atoms with van der Waals surface area (Å²) in [5.74, 6) is 0.725. The van der Waals surface area contributed by atoms with Crippen LogP contribution in [-0.4, -0.2) is 35.7 Å². The SMILES string of the molecule is CN=C(NCc1ccc(N(C(=O)OC(C)(C)C)C2CC2)c(C)c1)NCc1ncc(C)s1. The molecule has 1 heterocycles. The van der Waals surface area contributed by atoms with Crippen LogP contribution in [0.15, 0.2) is 29.4 Å². The molecule has 1 aliphatic rings. The van der Waals surface area contributed by atoms with Crippen molar-refractivity contribution in [2.24, 2.45) is 4.99 Å². The third kappa shape index (κ3) is 6.69. The lowest BCUT2D eigenvalue weighted by atomic mass is 10.1. The van der Waals surface area contributed by atoms with E-state index in [1.165, 1.54) is 4.88 Å². The highest BCUT2D eigenvalue weighted by Crippen LogP contribution is 2.35. The monoisotopic (exact) mass is 443 g/mol. The Hall–Kier alpha value is -2.61. The topological polar surface area (TPSA) is 78.9 Å². The van der Waals surface area contributed by atoms with E-state index in [2.05, 4.69) is 26.7 Å². The predicted molar refractivity (Wildman–Crippen MR) is 127 cm³/mol. The van der Waals surface area contributed by atoms with Gasteiger partial charge in [0, 0.05) is 30.7 Å². The Kier molecular flexibility index (Phi) is 7.20. The molecule has 0 unspecified atom stereocenters. The van der Waals surface area contributed by atoms with E-state index < -0.39 is 5.60 Å². The van der Waals surface area contributed by atoms with Crippen LogP contribution in [0.3, 0.4) is 0 Å². The van der Waals surface area contributed by atoms with Crippen molar-refractivity contribution in [2.75, 3.05) is 11.9 Å². The molecule has 0 saturated heterocycles. The van der Waals surface area contributed by atoms with Crippen LogP contribution in [0.1, 0.15) is 54.6 Å². The fourth-order valence-electron chi connectivity index (χ4n) is 3.23. The Labute approximate surface area is 188 Å². The number of aryl methyl sites for hydroxylation is 2. The van der Waals surface area contributed by atoms with Crippen LogP contribution in [0, 0.1) is 13.8 Å². The van der Waals surface area contributed by atoms with Crippen molar-refractivity contribution in [3.63, 3.8) is 0 Å². The van der Waals surface area contributed by atoms with Crippen molar-refractivity contribution in [3.8, 4) is 0 Å². The fourth-order valence-corrected chi connectivity index (χ4v) is 3.96. The van der Waals surface area contributed by atoms with Crippen molar-refractivity contribution in [1.29, 1.82) is 0 Å². The van der Waals surface area contributed by atoms with Gasteiger partial charge in [0.2, 0.25) is 0 Å². The highest BCUT2D eigenvalue weighted by atomic mass is 32.1. The number of nitrogens with zero attached hydrogens (tertiary/aromatic N) is 3. The summed E-state index contributed by atoms with van der Waals surface area (Å²) in [5.41, 5.74) is 2.58. The number of guanidine groups is 1. The highest BCUT2D eigenvalue weighted by Gasteiger charge is 2.37. The van der Waals surface area contributed by atoms with Crippen molar-refractivity contribution in [1.82, 2.24) is 15.6 Å². The van der Waals surface area contributed by atoms with Crippen LogP contribution >= 0.6 is 11.3 Å². The summed E-state index contributed by atoms with van der Waals surface area (Å²) in [6, 6.07) is 6.41. The Morgan fingerprint density at radius 3 is 2.52 bits per heavy atom. The first-order valence-electron chi connectivity index (χ1n) is 10.6. The molecular weight excluding hydrogens is 410 g/mol. The predicted octanol–water partition coefficient (Wildman–Crippen LogP) is 4.53. The van der Waals surface area contributed by atoms with Gasteiger partial charge in [-0.3, -0.25) is 9.89 Å². The van der Waals surface area contributed by atoms with Gasteiger partial charge in [-0.05, 0) is 64.7 Å². The molecule has 3 rings (SSSR count). The highest BCUT2D eigenvalue weighted by molar-refractivity contribution is 7.11. The minimum atomic E-state index is -0.512. The lowest BCUT2D eigenvalue weighted by Gasteiger charge is -2.28. The molecule has 2 N–H and O–H groups in total. The Bertz CT molecular complexity index is 944. The van der Waals surface area contributed by atoms with E-state index in [0.717, 1.165) is 40.6 Å². The molecule has 1 aliphatic carbocycles. The molecule has 0 bridgehead atoms. The Morgan fingerprint density at radius 1 is 1.26 bits per heavy atom.